The Hall–Kier alpha value is -4.01. The largest absolute Gasteiger partial charge is 0.463 e. The van der Waals surface area contributed by atoms with Crippen LogP contribution in [0.1, 0.15) is 16.2 Å². The first kappa shape index (κ1) is 22.8. The van der Waals surface area contributed by atoms with Gasteiger partial charge >= 0.3 is 5.97 Å². The normalized spacial score (nSPS) is 11.3. The number of H-pyrrole nitrogens is 1. The molecule has 4 aromatic carbocycles. The highest BCUT2D eigenvalue weighted by atomic mass is 31.2. The number of imidazole rings is 1. The second-order valence-electron chi connectivity index (χ2n) is 8.32. The molecule has 0 aliphatic carbocycles. The van der Waals surface area contributed by atoms with E-state index in [0.717, 1.165) is 16.7 Å². The summed E-state index contributed by atoms with van der Waals surface area (Å²) in [6, 6.07) is 39.8. The molecule has 1 aromatic heterocycles. The van der Waals surface area contributed by atoms with Crippen LogP contribution in [0.25, 0.3) is 11.3 Å². The van der Waals surface area contributed by atoms with E-state index in [-0.39, 0.29) is 5.82 Å². The van der Waals surface area contributed by atoms with Crippen molar-refractivity contribution < 1.29 is 9.53 Å². The predicted octanol–water partition coefficient (Wildman–Crippen LogP) is 4.79. The minimum Gasteiger partial charge on any atom is -0.463 e. The standard InChI is InChI=1S/C30H25N2O2P/c1-22-18-20-26(21-19-22)35(24-14-8-4-9-15-24,25-16-10-5-11-17-25)29-27(23-12-6-3-7-13-23)31-28(32-29)30(33)34-2/h3-21H,1-2H3/p+1. The highest BCUT2D eigenvalue weighted by molar-refractivity contribution is 8.01. The topological polar surface area (TPSA) is 55.0 Å². The summed E-state index contributed by atoms with van der Waals surface area (Å²) in [6.45, 7) is 2.09. The first-order valence-corrected chi connectivity index (χ1v) is 13.3. The van der Waals surface area contributed by atoms with Gasteiger partial charge in [0, 0.05) is 5.56 Å². The second kappa shape index (κ2) is 9.69. The van der Waals surface area contributed by atoms with Crippen molar-refractivity contribution in [3.05, 3.63) is 127 Å². The van der Waals surface area contributed by atoms with Crippen LogP contribution in [-0.4, -0.2) is 23.0 Å². The minimum absolute atomic E-state index is 0.199. The van der Waals surface area contributed by atoms with Crippen LogP contribution in [0, 0.1) is 6.92 Å². The van der Waals surface area contributed by atoms with E-state index in [9.17, 15) is 4.79 Å². The molecule has 0 fully saturated rings. The molecule has 0 aliphatic heterocycles. The Balaban J connectivity index is 1.95. The van der Waals surface area contributed by atoms with Gasteiger partial charge in [-0.25, -0.2) is 9.78 Å². The Morgan fingerprint density at radius 1 is 0.714 bits per heavy atom. The molecule has 0 amide bonds. The van der Waals surface area contributed by atoms with E-state index in [1.807, 2.05) is 42.5 Å². The number of carbonyl (C=O) groups excluding carboxylic acids is 1. The van der Waals surface area contributed by atoms with Gasteiger partial charge in [0.05, 0.1) is 7.11 Å². The number of hydrogen-bond donors (Lipinski definition) is 1. The summed E-state index contributed by atoms with van der Waals surface area (Å²) >= 11 is 0. The molecule has 5 heteroatoms. The van der Waals surface area contributed by atoms with Crippen LogP contribution in [0.15, 0.2) is 115 Å². The van der Waals surface area contributed by atoms with Gasteiger partial charge in [-0.1, -0.05) is 84.4 Å². The van der Waals surface area contributed by atoms with Crippen molar-refractivity contribution >= 4 is 34.6 Å². The van der Waals surface area contributed by atoms with Gasteiger partial charge in [0.2, 0.25) is 11.3 Å². The number of rotatable bonds is 6. The van der Waals surface area contributed by atoms with Gasteiger partial charge in [-0.15, -0.1) is 0 Å². The Bertz CT molecular complexity index is 1390. The SMILES string of the molecule is COC(=O)c1nc(-c2ccccc2)c([P+](c2ccccc2)(c2ccccc2)c2ccc(C)cc2)[nH]1. The fraction of sp³-hybridized carbons (Fsp3) is 0.0667. The van der Waals surface area contributed by atoms with Crippen LogP contribution in [0.2, 0.25) is 0 Å². The highest BCUT2D eigenvalue weighted by Gasteiger charge is 2.52. The fourth-order valence-electron chi connectivity index (χ4n) is 4.50. The first-order chi connectivity index (χ1) is 17.1. The zero-order chi connectivity index (χ0) is 24.3. The molecule has 0 unspecified atom stereocenters. The van der Waals surface area contributed by atoms with Crippen LogP contribution in [-0.2, 0) is 4.74 Å². The average Bonchev–Trinajstić information content (AvgIpc) is 3.37. The summed E-state index contributed by atoms with van der Waals surface area (Å²) in [5.74, 6) is -0.290. The molecule has 0 aliphatic rings. The molecule has 0 atom stereocenters. The zero-order valence-electron chi connectivity index (χ0n) is 19.7. The first-order valence-electron chi connectivity index (χ1n) is 11.5. The van der Waals surface area contributed by atoms with Crippen LogP contribution in [0.4, 0.5) is 0 Å². The molecule has 4 nitrogen and oxygen atoms in total. The third-order valence-corrected chi connectivity index (χ3v) is 10.4. The van der Waals surface area contributed by atoms with E-state index in [1.54, 1.807) is 0 Å². The van der Waals surface area contributed by atoms with Crippen molar-refractivity contribution in [1.82, 2.24) is 9.97 Å². The number of aryl methyl sites for hydroxylation is 1. The Kier molecular flexibility index (Phi) is 6.31. The molecule has 0 radical (unpaired) electrons. The summed E-state index contributed by atoms with van der Waals surface area (Å²) in [5.41, 5.74) is 3.81. The Morgan fingerprint density at radius 3 is 1.71 bits per heavy atom. The monoisotopic (exact) mass is 477 g/mol. The van der Waals surface area contributed by atoms with Gasteiger partial charge in [-0.3, -0.25) is 0 Å². The lowest BCUT2D eigenvalue weighted by atomic mass is 10.2. The van der Waals surface area contributed by atoms with Crippen LogP contribution < -0.4 is 21.3 Å². The Morgan fingerprint density at radius 2 is 1.20 bits per heavy atom. The number of hydrogen-bond acceptors (Lipinski definition) is 3. The van der Waals surface area contributed by atoms with Crippen molar-refractivity contribution in [1.29, 1.82) is 0 Å². The summed E-state index contributed by atoms with van der Waals surface area (Å²) in [7, 11) is -1.11. The molecule has 35 heavy (non-hydrogen) atoms. The maximum absolute atomic E-state index is 12.7. The molecule has 0 bridgehead atoms. The van der Waals surface area contributed by atoms with Gasteiger partial charge in [0.25, 0.3) is 0 Å². The van der Waals surface area contributed by atoms with Gasteiger partial charge in [0.15, 0.2) is 7.26 Å². The van der Waals surface area contributed by atoms with Gasteiger partial charge in [-0.05, 0) is 43.3 Å². The van der Waals surface area contributed by atoms with E-state index in [1.165, 1.54) is 28.6 Å². The van der Waals surface area contributed by atoms with Crippen molar-refractivity contribution in [2.24, 2.45) is 0 Å². The third-order valence-electron chi connectivity index (χ3n) is 6.15. The number of esters is 1. The molecule has 1 N–H and O–H groups in total. The number of methoxy groups -OCH3 is 1. The number of ether oxygens (including phenoxy) is 1. The maximum atomic E-state index is 12.7. The van der Waals surface area contributed by atoms with Gasteiger partial charge in [-0.2, -0.15) is 0 Å². The molecule has 5 rings (SSSR count). The van der Waals surface area contributed by atoms with Crippen molar-refractivity contribution in [2.75, 3.05) is 7.11 Å². The summed E-state index contributed by atoms with van der Waals surface area (Å²) in [6.07, 6.45) is 0. The van der Waals surface area contributed by atoms with Crippen LogP contribution >= 0.6 is 7.26 Å². The lowest BCUT2D eigenvalue weighted by Crippen LogP contribution is -2.40. The molecular formula is C30H26N2O2P+. The molecule has 172 valence electrons. The van der Waals surface area contributed by atoms with E-state index < -0.39 is 13.2 Å². The molecule has 0 saturated carbocycles. The maximum Gasteiger partial charge on any atom is 0.374 e. The molecule has 1 heterocycles. The Labute approximate surface area is 206 Å². The minimum atomic E-state index is -2.48. The molecule has 0 spiro atoms. The third kappa shape index (κ3) is 4.07. The smallest absolute Gasteiger partial charge is 0.374 e. The highest BCUT2D eigenvalue weighted by Crippen LogP contribution is 2.55. The number of benzene rings is 4. The number of carbonyl (C=O) groups is 1. The molecular weight excluding hydrogens is 451 g/mol. The summed E-state index contributed by atoms with van der Waals surface area (Å²) in [5, 5.41) is 3.53. The van der Waals surface area contributed by atoms with Crippen LogP contribution in [0.5, 0.6) is 0 Å². The number of aromatic nitrogens is 2. The average molecular weight is 478 g/mol. The van der Waals surface area contributed by atoms with E-state index >= 15 is 0 Å². The molecule has 5 aromatic rings. The van der Waals surface area contributed by atoms with Crippen molar-refractivity contribution in [2.45, 2.75) is 6.92 Å². The number of nitrogens with zero attached hydrogens (tertiary/aromatic N) is 1. The fourth-order valence-corrected chi connectivity index (χ4v) is 8.78. The zero-order valence-corrected chi connectivity index (χ0v) is 20.6. The van der Waals surface area contributed by atoms with Gasteiger partial charge < -0.3 is 9.72 Å². The van der Waals surface area contributed by atoms with Gasteiger partial charge in [0.1, 0.15) is 21.6 Å². The quantitative estimate of drug-likeness (QED) is 0.283. The van der Waals surface area contributed by atoms with Crippen molar-refractivity contribution in [3.8, 4) is 11.3 Å². The molecule has 0 saturated heterocycles. The lowest BCUT2D eigenvalue weighted by molar-refractivity contribution is 0.0588. The van der Waals surface area contributed by atoms with E-state index in [4.69, 9.17) is 9.72 Å². The number of aromatic amines is 1. The van der Waals surface area contributed by atoms with Crippen LogP contribution in [0.3, 0.4) is 0 Å². The predicted molar refractivity (Wildman–Crippen MR) is 145 cm³/mol. The second-order valence-corrected chi connectivity index (χ2v) is 11.7. The van der Waals surface area contributed by atoms with E-state index in [2.05, 4.69) is 84.7 Å². The lowest BCUT2D eigenvalue weighted by Gasteiger charge is -2.27. The summed E-state index contributed by atoms with van der Waals surface area (Å²) < 4.78 is 5.07. The summed E-state index contributed by atoms with van der Waals surface area (Å²) in [4.78, 5) is 20.9. The van der Waals surface area contributed by atoms with Crippen molar-refractivity contribution in [3.63, 3.8) is 0 Å². The van der Waals surface area contributed by atoms with E-state index in [0.29, 0.717) is 0 Å². The number of nitrogens with one attached hydrogen (secondary N) is 1.